The molecule has 1 aliphatic carbocycles. The van der Waals surface area contributed by atoms with E-state index in [1.54, 1.807) is 12.3 Å². The smallest absolute Gasteiger partial charge is 0.243 e. The van der Waals surface area contributed by atoms with Crippen LogP contribution in [0.1, 0.15) is 44.8 Å². The van der Waals surface area contributed by atoms with Crippen molar-refractivity contribution in [1.82, 2.24) is 5.43 Å². The molecular formula is C13H18N2O2. The minimum Gasteiger partial charge on any atom is -0.463 e. The highest BCUT2D eigenvalue weighted by atomic mass is 16.3. The summed E-state index contributed by atoms with van der Waals surface area (Å²) in [6.45, 7) is 1.82. The number of amides is 1. The fraction of sp³-hybridized carbons (Fsp3) is 0.538. The lowest BCUT2D eigenvalue weighted by Crippen LogP contribution is -2.29. The number of carbonyl (C=O) groups is 1. The summed E-state index contributed by atoms with van der Waals surface area (Å²) in [4.78, 5) is 11.8. The van der Waals surface area contributed by atoms with Crippen LogP contribution in [0.25, 0.3) is 0 Å². The minimum atomic E-state index is 0.0376. The summed E-state index contributed by atoms with van der Waals surface area (Å²) < 4.78 is 5.19. The van der Waals surface area contributed by atoms with E-state index in [1.165, 1.54) is 6.42 Å². The number of hydrogen-bond acceptors (Lipinski definition) is 3. The molecule has 0 aliphatic heterocycles. The lowest BCUT2D eigenvalue weighted by Gasteiger charge is -2.19. The van der Waals surface area contributed by atoms with Crippen molar-refractivity contribution in [2.45, 2.75) is 39.0 Å². The maximum Gasteiger partial charge on any atom is 0.243 e. The molecule has 92 valence electrons. The number of nitrogens with one attached hydrogen (secondary N) is 1. The molecule has 1 aromatic heterocycles. The Balaban J connectivity index is 1.88. The summed E-state index contributed by atoms with van der Waals surface area (Å²) >= 11 is 0. The molecule has 0 bridgehead atoms. The first kappa shape index (κ1) is 11.9. The molecule has 1 N–H and O–H groups in total. The van der Waals surface area contributed by atoms with Crippen molar-refractivity contribution < 1.29 is 9.21 Å². The standard InChI is InChI=1S/C13H18N2O2/c1-10(12-8-5-9-17-12)14-15-13(16)11-6-3-2-4-7-11/h5,8-9,11H,2-4,6-7H2,1H3,(H,15,16). The van der Waals surface area contributed by atoms with Crippen LogP contribution in [0.15, 0.2) is 27.9 Å². The average Bonchev–Trinajstić information content (AvgIpc) is 2.90. The first-order valence-electron chi connectivity index (χ1n) is 6.15. The van der Waals surface area contributed by atoms with Crippen molar-refractivity contribution >= 4 is 11.6 Å². The summed E-state index contributed by atoms with van der Waals surface area (Å²) in [6.07, 6.45) is 7.12. The number of carbonyl (C=O) groups excluding carboxylic acids is 1. The van der Waals surface area contributed by atoms with Crippen LogP contribution < -0.4 is 5.43 Å². The molecule has 1 heterocycles. The number of furan rings is 1. The maximum atomic E-state index is 11.8. The fourth-order valence-electron chi connectivity index (χ4n) is 2.13. The van der Waals surface area contributed by atoms with Crippen LogP contribution in [-0.2, 0) is 4.79 Å². The van der Waals surface area contributed by atoms with Crippen molar-refractivity contribution in [2.24, 2.45) is 11.0 Å². The van der Waals surface area contributed by atoms with E-state index >= 15 is 0 Å². The first-order chi connectivity index (χ1) is 8.27. The second-order valence-electron chi connectivity index (χ2n) is 4.49. The Morgan fingerprint density at radius 2 is 2.18 bits per heavy atom. The Labute approximate surface area is 101 Å². The highest BCUT2D eigenvalue weighted by Crippen LogP contribution is 2.23. The molecule has 4 nitrogen and oxygen atoms in total. The molecule has 1 amide bonds. The molecule has 0 unspecified atom stereocenters. The van der Waals surface area contributed by atoms with Gasteiger partial charge in [0.2, 0.25) is 5.91 Å². The third-order valence-electron chi connectivity index (χ3n) is 3.19. The summed E-state index contributed by atoms with van der Waals surface area (Å²) in [5.41, 5.74) is 3.32. The third kappa shape index (κ3) is 3.19. The predicted molar refractivity (Wildman–Crippen MR) is 65.6 cm³/mol. The van der Waals surface area contributed by atoms with Gasteiger partial charge < -0.3 is 4.42 Å². The van der Waals surface area contributed by atoms with Gasteiger partial charge in [0.1, 0.15) is 11.5 Å². The SMILES string of the molecule is CC(=NNC(=O)C1CCCCC1)c1ccco1. The van der Waals surface area contributed by atoms with Gasteiger partial charge in [-0.15, -0.1) is 0 Å². The largest absolute Gasteiger partial charge is 0.463 e. The van der Waals surface area contributed by atoms with Gasteiger partial charge in [0, 0.05) is 5.92 Å². The molecule has 1 saturated carbocycles. The number of rotatable bonds is 3. The van der Waals surface area contributed by atoms with Crippen LogP contribution in [0.2, 0.25) is 0 Å². The van der Waals surface area contributed by atoms with Gasteiger partial charge in [-0.1, -0.05) is 19.3 Å². The summed E-state index contributed by atoms with van der Waals surface area (Å²) in [7, 11) is 0. The van der Waals surface area contributed by atoms with Gasteiger partial charge in [-0.05, 0) is 31.9 Å². The molecule has 0 spiro atoms. The Kier molecular flexibility index (Phi) is 3.96. The topological polar surface area (TPSA) is 54.6 Å². The molecule has 1 aliphatic rings. The predicted octanol–water partition coefficient (Wildman–Crippen LogP) is 2.70. The zero-order valence-electron chi connectivity index (χ0n) is 10.1. The molecule has 0 saturated heterocycles. The molecule has 0 aromatic carbocycles. The Morgan fingerprint density at radius 1 is 1.41 bits per heavy atom. The van der Waals surface area contributed by atoms with Crippen LogP contribution >= 0.6 is 0 Å². The van der Waals surface area contributed by atoms with Crippen molar-refractivity contribution in [3.63, 3.8) is 0 Å². The highest BCUT2D eigenvalue weighted by Gasteiger charge is 2.20. The van der Waals surface area contributed by atoms with E-state index in [4.69, 9.17) is 4.42 Å². The Hall–Kier alpha value is -1.58. The molecular weight excluding hydrogens is 216 g/mol. The third-order valence-corrected chi connectivity index (χ3v) is 3.19. The monoisotopic (exact) mass is 234 g/mol. The van der Waals surface area contributed by atoms with Crippen LogP contribution in [0, 0.1) is 5.92 Å². The zero-order valence-corrected chi connectivity index (χ0v) is 10.1. The van der Waals surface area contributed by atoms with Gasteiger partial charge in [-0.2, -0.15) is 5.10 Å². The summed E-state index contributed by atoms with van der Waals surface area (Å²) in [5.74, 6) is 0.862. The van der Waals surface area contributed by atoms with Crippen LogP contribution in [0.3, 0.4) is 0 Å². The van der Waals surface area contributed by atoms with Gasteiger partial charge in [-0.25, -0.2) is 5.43 Å². The van der Waals surface area contributed by atoms with Crippen LogP contribution in [-0.4, -0.2) is 11.6 Å². The lowest BCUT2D eigenvalue weighted by molar-refractivity contribution is -0.125. The van der Waals surface area contributed by atoms with Gasteiger partial charge in [0.15, 0.2) is 0 Å². The Morgan fingerprint density at radius 3 is 2.82 bits per heavy atom. The first-order valence-corrected chi connectivity index (χ1v) is 6.15. The van der Waals surface area contributed by atoms with E-state index < -0.39 is 0 Å². The Bertz CT molecular complexity index is 390. The summed E-state index contributed by atoms with van der Waals surface area (Å²) in [6, 6.07) is 3.63. The van der Waals surface area contributed by atoms with Crippen molar-refractivity contribution in [3.05, 3.63) is 24.2 Å². The van der Waals surface area contributed by atoms with Crippen LogP contribution in [0.5, 0.6) is 0 Å². The minimum absolute atomic E-state index is 0.0376. The van der Waals surface area contributed by atoms with Gasteiger partial charge in [0.05, 0.1) is 6.26 Å². The van der Waals surface area contributed by atoms with E-state index in [0.717, 1.165) is 25.7 Å². The van der Waals surface area contributed by atoms with Gasteiger partial charge >= 0.3 is 0 Å². The van der Waals surface area contributed by atoms with E-state index in [0.29, 0.717) is 11.5 Å². The van der Waals surface area contributed by atoms with E-state index in [2.05, 4.69) is 10.5 Å². The molecule has 0 atom stereocenters. The number of hydrogen-bond donors (Lipinski definition) is 1. The average molecular weight is 234 g/mol. The van der Waals surface area contributed by atoms with Gasteiger partial charge in [0.25, 0.3) is 0 Å². The second kappa shape index (κ2) is 5.66. The molecule has 4 heteroatoms. The number of hydrazone groups is 1. The van der Waals surface area contributed by atoms with Gasteiger partial charge in [-0.3, -0.25) is 4.79 Å². The van der Waals surface area contributed by atoms with Crippen LogP contribution in [0.4, 0.5) is 0 Å². The normalized spacial score (nSPS) is 18.1. The quantitative estimate of drug-likeness (QED) is 0.645. The lowest BCUT2D eigenvalue weighted by atomic mass is 9.89. The van der Waals surface area contributed by atoms with E-state index in [9.17, 15) is 4.79 Å². The van der Waals surface area contributed by atoms with E-state index in [-0.39, 0.29) is 11.8 Å². The maximum absolute atomic E-state index is 11.8. The number of nitrogens with zero attached hydrogens (tertiary/aromatic N) is 1. The zero-order chi connectivity index (χ0) is 12.1. The highest BCUT2D eigenvalue weighted by molar-refractivity contribution is 5.96. The second-order valence-corrected chi connectivity index (χ2v) is 4.49. The van der Waals surface area contributed by atoms with Crippen molar-refractivity contribution in [2.75, 3.05) is 0 Å². The van der Waals surface area contributed by atoms with Crippen molar-refractivity contribution in [3.8, 4) is 0 Å². The summed E-state index contributed by atoms with van der Waals surface area (Å²) in [5, 5.41) is 4.07. The molecule has 2 rings (SSSR count). The molecule has 17 heavy (non-hydrogen) atoms. The molecule has 1 aromatic rings. The van der Waals surface area contributed by atoms with E-state index in [1.807, 2.05) is 13.0 Å². The molecule has 0 radical (unpaired) electrons. The fourth-order valence-corrected chi connectivity index (χ4v) is 2.13. The molecule has 1 fully saturated rings. The van der Waals surface area contributed by atoms with Crippen molar-refractivity contribution in [1.29, 1.82) is 0 Å².